The van der Waals surface area contributed by atoms with Crippen molar-refractivity contribution in [1.82, 2.24) is 10.2 Å². The molecule has 1 aromatic heterocycles. The van der Waals surface area contributed by atoms with Gasteiger partial charge in [0.15, 0.2) is 10.8 Å². The predicted molar refractivity (Wildman–Crippen MR) is 77.1 cm³/mol. The lowest BCUT2D eigenvalue weighted by Gasteiger charge is -2.01. The molecule has 0 bridgehead atoms. The average molecular weight is 357 g/mol. The van der Waals surface area contributed by atoms with E-state index in [9.17, 15) is 22.8 Å². The van der Waals surface area contributed by atoms with E-state index in [1.165, 1.54) is 24.3 Å². The fraction of sp³-hybridized carbons (Fsp3) is 0.0769. The van der Waals surface area contributed by atoms with Gasteiger partial charge in [0.25, 0.3) is 0 Å². The van der Waals surface area contributed by atoms with Gasteiger partial charge in [-0.25, -0.2) is 13.2 Å². The number of halogens is 1. The fourth-order valence-electron chi connectivity index (χ4n) is 1.64. The molecule has 0 spiro atoms. The normalized spacial score (nSPS) is 11.2. The Morgan fingerprint density at radius 2 is 1.78 bits per heavy atom. The summed E-state index contributed by atoms with van der Waals surface area (Å²) in [5.74, 6) is -3.95. The van der Waals surface area contributed by atoms with E-state index >= 15 is 0 Å². The first-order valence-corrected chi connectivity index (χ1v) is 7.93. The number of aliphatic carboxylic acids is 1. The van der Waals surface area contributed by atoms with Gasteiger partial charge in [-0.1, -0.05) is 11.6 Å². The van der Waals surface area contributed by atoms with Crippen molar-refractivity contribution in [2.75, 3.05) is 0 Å². The number of rotatable bonds is 6. The van der Waals surface area contributed by atoms with Crippen molar-refractivity contribution in [3.05, 3.63) is 41.0 Å². The van der Waals surface area contributed by atoms with Crippen LogP contribution in [-0.2, 0) is 19.4 Å². The SMILES string of the molecule is O=C(O)C(=O)CC(=O)c1cc(S(=O)(=O)c2ccc(Cl)cc2)[nH]n1. The van der Waals surface area contributed by atoms with Gasteiger partial charge in [0.05, 0.1) is 11.3 Å². The number of nitrogens with one attached hydrogen (secondary N) is 1. The largest absolute Gasteiger partial charge is 0.475 e. The second-order valence-corrected chi connectivity index (χ2v) is 6.76. The van der Waals surface area contributed by atoms with Crippen molar-refractivity contribution in [2.24, 2.45) is 0 Å². The molecule has 23 heavy (non-hydrogen) atoms. The summed E-state index contributed by atoms with van der Waals surface area (Å²) in [6.07, 6.45) is -0.902. The minimum Gasteiger partial charge on any atom is -0.475 e. The van der Waals surface area contributed by atoms with Gasteiger partial charge in [-0.3, -0.25) is 14.7 Å². The van der Waals surface area contributed by atoms with Gasteiger partial charge in [0, 0.05) is 11.1 Å². The molecule has 10 heteroatoms. The van der Waals surface area contributed by atoms with Crippen molar-refractivity contribution in [3.8, 4) is 0 Å². The van der Waals surface area contributed by atoms with E-state index < -0.39 is 33.8 Å². The third kappa shape index (κ3) is 3.63. The maximum atomic E-state index is 12.3. The first-order chi connectivity index (χ1) is 10.7. The highest BCUT2D eigenvalue weighted by molar-refractivity contribution is 7.91. The number of hydrogen-bond acceptors (Lipinski definition) is 6. The van der Waals surface area contributed by atoms with Crippen molar-refractivity contribution < 1.29 is 27.9 Å². The van der Waals surface area contributed by atoms with Gasteiger partial charge in [-0.05, 0) is 24.3 Å². The molecular formula is C13H9ClN2O6S. The van der Waals surface area contributed by atoms with Crippen molar-refractivity contribution in [1.29, 1.82) is 0 Å². The van der Waals surface area contributed by atoms with Crippen molar-refractivity contribution in [3.63, 3.8) is 0 Å². The van der Waals surface area contributed by atoms with Crippen LogP contribution in [0.3, 0.4) is 0 Å². The number of H-pyrrole nitrogens is 1. The third-order valence-corrected chi connectivity index (χ3v) is 4.75. The van der Waals surface area contributed by atoms with Gasteiger partial charge in [-0.15, -0.1) is 0 Å². The molecule has 8 nitrogen and oxygen atoms in total. The molecule has 2 N–H and O–H groups in total. The summed E-state index contributed by atoms with van der Waals surface area (Å²) in [5, 5.41) is 14.2. The van der Waals surface area contributed by atoms with Crippen LogP contribution >= 0.6 is 11.6 Å². The predicted octanol–water partition coefficient (Wildman–Crippen LogP) is 1.12. The lowest BCUT2D eigenvalue weighted by molar-refractivity contribution is -0.148. The third-order valence-electron chi connectivity index (χ3n) is 2.81. The molecule has 0 radical (unpaired) electrons. The summed E-state index contributed by atoms with van der Waals surface area (Å²) >= 11 is 5.69. The second-order valence-electron chi connectivity index (χ2n) is 4.40. The number of aromatic amines is 1. The number of aromatic nitrogens is 2. The standard InChI is InChI=1S/C13H9ClN2O6S/c14-7-1-3-8(4-2-7)23(21,22)12-5-9(15-16-12)10(17)6-11(18)13(19)20/h1-5H,6H2,(H,15,16)(H,19,20). The summed E-state index contributed by atoms with van der Waals surface area (Å²) < 4.78 is 24.6. The Hall–Kier alpha value is -2.52. The Morgan fingerprint density at radius 1 is 1.17 bits per heavy atom. The Kier molecular flexibility index (Phi) is 4.62. The quantitative estimate of drug-likeness (QED) is 0.450. The summed E-state index contributed by atoms with van der Waals surface area (Å²) in [7, 11) is -3.94. The first kappa shape index (κ1) is 16.8. The van der Waals surface area contributed by atoms with E-state index in [-0.39, 0.29) is 15.6 Å². The minimum absolute atomic E-state index is 0.0637. The zero-order valence-corrected chi connectivity index (χ0v) is 12.9. The number of ketones is 2. The maximum Gasteiger partial charge on any atom is 0.372 e. The first-order valence-electron chi connectivity index (χ1n) is 6.07. The Bertz CT molecular complexity index is 885. The number of carboxylic acid groups (broad SMARTS) is 1. The van der Waals surface area contributed by atoms with Crippen LogP contribution in [0, 0.1) is 0 Å². The molecular weight excluding hydrogens is 348 g/mol. The molecule has 1 heterocycles. The van der Waals surface area contributed by atoms with E-state index in [0.717, 1.165) is 6.07 Å². The van der Waals surface area contributed by atoms with Crippen LogP contribution in [0.5, 0.6) is 0 Å². The number of hydrogen-bond donors (Lipinski definition) is 2. The van der Waals surface area contributed by atoms with Gasteiger partial charge in [0.1, 0.15) is 5.69 Å². The van der Waals surface area contributed by atoms with Crippen LogP contribution in [0.2, 0.25) is 5.02 Å². The molecule has 0 amide bonds. The zero-order valence-electron chi connectivity index (χ0n) is 11.3. The summed E-state index contributed by atoms with van der Waals surface area (Å²) in [6, 6.07) is 6.30. The number of nitrogens with zero attached hydrogens (tertiary/aromatic N) is 1. The van der Waals surface area contributed by atoms with Crippen LogP contribution in [0.1, 0.15) is 16.9 Å². The van der Waals surface area contributed by atoms with Gasteiger partial charge in [0.2, 0.25) is 15.6 Å². The number of benzene rings is 1. The lowest BCUT2D eigenvalue weighted by atomic mass is 10.1. The Morgan fingerprint density at radius 3 is 2.35 bits per heavy atom. The van der Waals surface area contributed by atoms with Crippen LogP contribution in [0.15, 0.2) is 40.3 Å². The highest BCUT2D eigenvalue weighted by Crippen LogP contribution is 2.21. The Balaban J connectivity index is 2.28. The molecule has 0 fully saturated rings. The molecule has 2 aromatic rings. The van der Waals surface area contributed by atoms with Crippen LogP contribution in [0.4, 0.5) is 0 Å². The summed E-state index contributed by atoms with van der Waals surface area (Å²) in [4.78, 5) is 33.0. The van der Waals surface area contributed by atoms with E-state index in [4.69, 9.17) is 16.7 Å². The van der Waals surface area contributed by atoms with Crippen molar-refractivity contribution >= 4 is 39.0 Å². The molecule has 0 aliphatic carbocycles. The zero-order chi connectivity index (χ0) is 17.2. The molecule has 0 saturated carbocycles. The highest BCUT2D eigenvalue weighted by atomic mass is 35.5. The number of sulfone groups is 1. The van der Waals surface area contributed by atoms with Gasteiger partial charge >= 0.3 is 5.97 Å². The van der Waals surface area contributed by atoms with Crippen molar-refractivity contribution in [2.45, 2.75) is 16.3 Å². The molecule has 0 saturated heterocycles. The van der Waals surface area contributed by atoms with Gasteiger partial charge in [-0.2, -0.15) is 5.10 Å². The summed E-state index contributed by atoms with van der Waals surface area (Å²) in [6.45, 7) is 0. The maximum absolute atomic E-state index is 12.3. The molecule has 0 aliphatic rings. The number of carbonyl (C=O) groups excluding carboxylic acids is 2. The van der Waals surface area contributed by atoms with Gasteiger partial charge < -0.3 is 5.11 Å². The van der Waals surface area contributed by atoms with E-state index in [0.29, 0.717) is 5.02 Å². The molecule has 2 rings (SSSR count). The average Bonchev–Trinajstić information content (AvgIpc) is 2.98. The van der Waals surface area contributed by atoms with E-state index in [1.54, 1.807) is 0 Å². The number of carboxylic acids is 1. The minimum atomic E-state index is -3.94. The summed E-state index contributed by atoms with van der Waals surface area (Å²) in [5.41, 5.74) is -0.341. The van der Waals surface area contributed by atoms with E-state index in [2.05, 4.69) is 10.2 Å². The highest BCUT2D eigenvalue weighted by Gasteiger charge is 2.24. The van der Waals surface area contributed by atoms with Crippen LogP contribution in [-0.4, -0.2) is 41.3 Å². The fourth-order valence-corrected chi connectivity index (χ4v) is 2.94. The monoisotopic (exact) mass is 356 g/mol. The van der Waals surface area contributed by atoms with Crippen LogP contribution in [0.25, 0.3) is 0 Å². The molecule has 0 atom stereocenters. The smallest absolute Gasteiger partial charge is 0.372 e. The lowest BCUT2D eigenvalue weighted by Crippen LogP contribution is -2.17. The molecule has 0 unspecified atom stereocenters. The molecule has 0 aliphatic heterocycles. The number of carbonyl (C=O) groups is 3. The Labute approximate surface area is 135 Å². The molecule has 120 valence electrons. The topological polar surface area (TPSA) is 134 Å². The van der Waals surface area contributed by atoms with E-state index in [1.807, 2.05) is 0 Å². The molecule has 1 aromatic carbocycles. The second kappa shape index (κ2) is 6.31. The number of Topliss-reactive ketones (excluding diaryl/α,β-unsaturated/α-hetero) is 2. The van der Waals surface area contributed by atoms with Crippen LogP contribution < -0.4 is 0 Å².